The van der Waals surface area contributed by atoms with Crippen LogP contribution in [0.25, 0.3) is 0 Å². The predicted molar refractivity (Wildman–Crippen MR) is 65.6 cm³/mol. The fourth-order valence-electron chi connectivity index (χ4n) is 1.50. The highest BCUT2D eigenvalue weighted by atomic mass is 16.2. The number of allylic oxidation sites excluding steroid dienone is 1. The maximum atomic E-state index is 11.1. The van der Waals surface area contributed by atoms with Gasteiger partial charge in [-0.3, -0.25) is 4.79 Å². The van der Waals surface area contributed by atoms with Crippen LogP contribution in [0.4, 0.5) is 0 Å². The molecule has 0 aromatic rings. The molecule has 15 heavy (non-hydrogen) atoms. The van der Waals surface area contributed by atoms with Gasteiger partial charge < -0.3 is 4.90 Å². The molecule has 2 heteroatoms. The number of hydrogen-bond donors (Lipinski definition) is 0. The average molecular weight is 207 g/mol. The van der Waals surface area contributed by atoms with Gasteiger partial charge in [0.1, 0.15) is 0 Å². The molecule has 0 saturated carbocycles. The predicted octanol–water partition coefficient (Wildman–Crippen LogP) is 2.93. The quantitative estimate of drug-likeness (QED) is 0.681. The first-order valence-corrected chi connectivity index (χ1v) is 5.41. The minimum Gasteiger partial charge on any atom is -0.338 e. The van der Waals surface area contributed by atoms with Crippen molar-refractivity contribution < 1.29 is 4.79 Å². The van der Waals surface area contributed by atoms with Gasteiger partial charge in [0.25, 0.3) is 0 Å². The molecule has 0 bridgehead atoms. The molecule has 0 atom stereocenters. The van der Waals surface area contributed by atoms with E-state index >= 15 is 0 Å². The standard InChI is InChI=1S/C11H15NO.C2H6/c1-4-10-6-7-12(9(3)13)8-11(10)5-2;1-2/h4-5H,1-2,6-8H2,3H3;1-2H3. The molecule has 0 spiro atoms. The average Bonchev–Trinajstić information content (AvgIpc) is 2.30. The first-order valence-electron chi connectivity index (χ1n) is 5.41. The summed E-state index contributed by atoms with van der Waals surface area (Å²) >= 11 is 0. The highest BCUT2D eigenvalue weighted by molar-refractivity contribution is 5.74. The summed E-state index contributed by atoms with van der Waals surface area (Å²) in [6.07, 6.45) is 4.56. The number of carbonyl (C=O) groups is 1. The number of amides is 1. The van der Waals surface area contributed by atoms with Gasteiger partial charge in [0, 0.05) is 20.0 Å². The molecule has 0 fully saturated rings. The summed E-state index contributed by atoms with van der Waals surface area (Å²) in [7, 11) is 0. The van der Waals surface area contributed by atoms with Gasteiger partial charge in [0.2, 0.25) is 5.91 Å². The monoisotopic (exact) mass is 207 g/mol. The number of hydrogen-bond acceptors (Lipinski definition) is 1. The molecule has 0 aliphatic carbocycles. The molecule has 0 saturated heterocycles. The molecular formula is C13H21NO. The van der Waals surface area contributed by atoms with E-state index in [9.17, 15) is 4.79 Å². The van der Waals surface area contributed by atoms with Crippen LogP contribution >= 0.6 is 0 Å². The Hall–Kier alpha value is -1.31. The van der Waals surface area contributed by atoms with E-state index < -0.39 is 0 Å². The van der Waals surface area contributed by atoms with E-state index in [0.717, 1.165) is 18.5 Å². The minimum absolute atomic E-state index is 0.127. The molecule has 1 rings (SSSR count). The van der Waals surface area contributed by atoms with Gasteiger partial charge >= 0.3 is 0 Å². The second kappa shape index (κ2) is 7.04. The Morgan fingerprint density at radius 1 is 1.27 bits per heavy atom. The topological polar surface area (TPSA) is 20.3 Å². The van der Waals surface area contributed by atoms with Crippen molar-refractivity contribution in [3.05, 3.63) is 36.5 Å². The summed E-state index contributed by atoms with van der Waals surface area (Å²) in [5, 5.41) is 0. The maximum Gasteiger partial charge on any atom is 0.219 e. The van der Waals surface area contributed by atoms with E-state index in [4.69, 9.17) is 0 Å². The van der Waals surface area contributed by atoms with Crippen LogP contribution in [-0.2, 0) is 4.79 Å². The van der Waals surface area contributed by atoms with Crippen molar-refractivity contribution in [1.29, 1.82) is 0 Å². The van der Waals surface area contributed by atoms with Gasteiger partial charge in [0.05, 0.1) is 0 Å². The van der Waals surface area contributed by atoms with Crippen LogP contribution in [0.3, 0.4) is 0 Å². The fourth-order valence-corrected chi connectivity index (χ4v) is 1.50. The SMILES string of the molecule is C=CC1=C(C=C)CN(C(C)=O)CC1.CC. The van der Waals surface area contributed by atoms with Crippen LogP contribution in [0.15, 0.2) is 36.5 Å². The summed E-state index contributed by atoms with van der Waals surface area (Å²) < 4.78 is 0. The van der Waals surface area contributed by atoms with Crippen molar-refractivity contribution >= 4 is 5.91 Å². The Morgan fingerprint density at radius 3 is 2.20 bits per heavy atom. The highest BCUT2D eigenvalue weighted by Gasteiger charge is 2.16. The smallest absolute Gasteiger partial charge is 0.219 e. The molecule has 1 aliphatic heterocycles. The van der Waals surface area contributed by atoms with E-state index in [1.54, 1.807) is 6.92 Å². The summed E-state index contributed by atoms with van der Waals surface area (Å²) in [5.74, 6) is 0.127. The lowest BCUT2D eigenvalue weighted by atomic mass is 10.0. The normalized spacial score (nSPS) is 15.3. The van der Waals surface area contributed by atoms with Crippen molar-refractivity contribution in [2.45, 2.75) is 27.2 Å². The number of rotatable bonds is 2. The molecule has 1 amide bonds. The second-order valence-corrected chi connectivity index (χ2v) is 3.15. The molecule has 0 aromatic carbocycles. The first kappa shape index (κ1) is 13.7. The largest absolute Gasteiger partial charge is 0.338 e. The van der Waals surface area contributed by atoms with E-state index in [1.165, 1.54) is 5.57 Å². The summed E-state index contributed by atoms with van der Waals surface area (Å²) in [6, 6.07) is 0. The lowest BCUT2D eigenvalue weighted by Gasteiger charge is -2.27. The fraction of sp³-hybridized carbons (Fsp3) is 0.462. The zero-order valence-corrected chi connectivity index (χ0v) is 10.0. The van der Waals surface area contributed by atoms with Gasteiger partial charge in [-0.25, -0.2) is 0 Å². The summed E-state index contributed by atoms with van der Waals surface area (Å²) in [6.45, 7) is 14.6. The zero-order chi connectivity index (χ0) is 11.8. The van der Waals surface area contributed by atoms with Gasteiger partial charge in [-0.1, -0.05) is 39.2 Å². The first-order chi connectivity index (χ1) is 7.19. The third-order valence-electron chi connectivity index (χ3n) is 2.36. The van der Waals surface area contributed by atoms with Crippen molar-refractivity contribution in [3.63, 3.8) is 0 Å². The molecule has 0 unspecified atom stereocenters. The van der Waals surface area contributed by atoms with Gasteiger partial charge in [-0.15, -0.1) is 0 Å². The van der Waals surface area contributed by atoms with Crippen LogP contribution < -0.4 is 0 Å². The molecule has 1 heterocycles. The van der Waals surface area contributed by atoms with Gasteiger partial charge in [0.15, 0.2) is 0 Å². The molecule has 0 N–H and O–H groups in total. The maximum absolute atomic E-state index is 11.1. The molecule has 0 aromatic heterocycles. The molecule has 84 valence electrons. The summed E-state index contributed by atoms with van der Waals surface area (Å²) in [5.41, 5.74) is 2.34. The van der Waals surface area contributed by atoms with Crippen LogP contribution in [0.2, 0.25) is 0 Å². The van der Waals surface area contributed by atoms with Gasteiger partial charge in [-0.2, -0.15) is 0 Å². The summed E-state index contributed by atoms with van der Waals surface area (Å²) in [4.78, 5) is 12.9. The Kier molecular flexibility index (Phi) is 6.43. The van der Waals surface area contributed by atoms with Crippen LogP contribution in [0, 0.1) is 0 Å². The van der Waals surface area contributed by atoms with Crippen LogP contribution in [0.1, 0.15) is 27.2 Å². The Labute approximate surface area is 93.0 Å². The molecule has 2 nitrogen and oxygen atoms in total. The second-order valence-electron chi connectivity index (χ2n) is 3.15. The molecule has 1 aliphatic rings. The number of carbonyl (C=O) groups excluding carboxylic acids is 1. The van der Waals surface area contributed by atoms with E-state index in [0.29, 0.717) is 6.54 Å². The van der Waals surface area contributed by atoms with E-state index in [1.807, 2.05) is 30.9 Å². The third-order valence-corrected chi connectivity index (χ3v) is 2.36. The lowest BCUT2D eigenvalue weighted by molar-refractivity contribution is -0.128. The number of nitrogens with zero attached hydrogens (tertiary/aromatic N) is 1. The van der Waals surface area contributed by atoms with Crippen LogP contribution in [0.5, 0.6) is 0 Å². The van der Waals surface area contributed by atoms with Crippen molar-refractivity contribution in [3.8, 4) is 0 Å². The highest BCUT2D eigenvalue weighted by Crippen LogP contribution is 2.19. The van der Waals surface area contributed by atoms with Crippen molar-refractivity contribution in [2.24, 2.45) is 0 Å². The van der Waals surface area contributed by atoms with Crippen molar-refractivity contribution in [1.82, 2.24) is 4.90 Å². The van der Waals surface area contributed by atoms with E-state index in [2.05, 4.69) is 13.2 Å². The molecular weight excluding hydrogens is 186 g/mol. The van der Waals surface area contributed by atoms with E-state index in [-0.39, 0.29) is 5.91 Å². The third kappa shape index (κ3) is 3.74. The lowest BCUT2D eigenvalue weighted by Crippen LogP contribution is -2.34. The Balaban J connectivity index is 0.000000921. The van der Waals surface area contributed by atoms with Gasteiger partial charge in [-0.05, 0) is 17.6 Å². The Morgan fingerprint density at radius 2 is 1.80 bits per heavy atom. The molecule has 0 radical (unpaired) electrons. The zero-order valence-electron chi connectivity index (χ0n) is 10.0. The van der Waals surface area contributed by atoms with Crippen LogP contribution in [-0.4, -0.2) is 23.9 Å². The Bertz CT molecular complexity index is 276. The van der Waals surface area contributed by atoms with Crippen molar-refractivity contribution in [2.75, 3.05) is 13.1 Å². The minimum atomic E-state index is 0.127.